The van der Waals surface area contributed by atoms with E-state index >= 15 is 0 Å². The van der Waals surface area contributed by atoms with E-state index in [-0.39, 0.29) is 10.5 Å². The smallest absolute Gasteiger partial charge is 0.419 e. The number of benzene rings is 2. The molecule has 0 aliphatic rings. The molecule has 3 aromatic rings. The van der Waals surface area contributed by atoms with Crippen molar-refractivity contribution in [3.05, 3.63) is 53.0 Å². The molecule has 1 heterocycles. The van der Waals surface area contributed by atoms with Gasteiger partial charge in [-0.05, 0) is 61.8 Å². The van der Waals surface area contributed by atoms with Gasteiger partial charge in [0, 0.05) is 18.8 Å². The number of nitrogens with zero attached hydrogens (tertiary/aromatic N) is 1. The van der Waals surface area contributed by atoms with Crippen molar-refractivity contribution in [3.63, 3.8) is 0 Å². The van der Waals surface area contributed by atoms with Gasteiger partial charge in [0.15, 0.2) is 5.58 Å². The number of sulfonamides is 1. The third kappa shape index (κ3) is 5.53. The average molecular weight is 480 g/mol. The quantitative estimate of drug-likeness (QED) is 0.459. The van der Waals surface area contributed by atoms with Crippen LogP contribution < -0.4 is 20.5 Å². The van der Waals surface area contributed by atoms with Crippen molar-refractivity contribution in [1.29, 1.82) is 0 Å². The van der Waals surface area contributed by atoms with E-state index in [1.54, 1.807) is 24.3 Å². The molecule has 9 nitrogen and oxygen atoms in total. The molecule has 0 saturated heterocycles. The number of carbonyl (C=O) groups is 1. The van der Waals surface area contributed by atoms with E-state index in [1.165, 1.54) is 41.6 Å². The van der Waals surface area contributed by atoms with Crippen LogP contribution in [0, 0.1) is 0 Å². The van der Waals surface area contributed by atoms with Gasteiger partial charge >= 0.3 is 5.76 Å². The second-order valence-corrected chi connectivity index (χ2v) is 9.66. The van der Waals surface area contributed by atoms with Crippen molar-refractivity contribution in [2.24, 2.45) is 7.05 Å². The average Bonchev–Trinajstić information content (AvgIpc) is 3.05. The number of hydrogen-bond donors (Lipinski definition) is 2. The van der Waals surface area contributed by atoms with Crippen molar-refractivity contribution in [2.75, 3.05) is 23.9 Å². The number of rotatable bonds is 10. The Morgan fingerprint density at radius 3 is 2.59 bits per heavy atom. The third-order valence-corrected chi connectivity index (χ3v) is 6.84. The first-order chi connectivity index (χ1) is 15.2. The second kappa shape index (κ2) is 10.2. The molecule has 1 atom stereocenters. The predicted molar refractivity (Wildman–Crippen MR) is 125 cm³/mol. The summed E-state index contributed by atoms with van der Waals surface area (Å²) in [6, 6.07) is 9.98. The third-order valence-electron chi connectivity index (χ3n) is 4.73. The Morgan fingerprint density at radius 2 is 1.94 bits per heavy atom. The monoisotopic (exact) mass is 479 g/mol. The summed E-state index contributed by atoms with van der Waals surface area (Å²) in [7, 11) is -2.52. The fraction of sp³-hybridized carbons (Fsp3) is 0.333. The molecule has 172 valence electrons. The van der Waals surface area contributed by atoms with Crippen molar-refractivity contribution in [1.82, 2.24) is 9.29 Å². The van der Waals surface area contributed by atoms with Crippen LogP contribution in [0.15, 0.2) is 56.6 Å². The van der Waals surface area contributed by atoms with Crippen molar-refractivity contribution >= 4 is 44.5 Å². The number of amides is 1. The molecule has 0 unspecified atom stereocenters. The topological polar surface area (TPSA) is 120 Å². The fourth-order valence-corrected chi connectivity index (χ4v) is 4.76. The number of ether oxygens (including phenoxy) is 1. The van der Waals surface area contributed by atoms with Crippen LogP contribution in [0.4, 0.5) is 5.69 Å². The molecule has 32 heavy (non-hydrogen) atoms. The predicted octanol–water partition coefficient (Wildman–Crippen LogP) is 2.57. The lowest BCUT2D eigenvalue weighted by Gasteiger charge is -2.18. The normalized spacial score (nSPS) is 12.6. The van der Waals surface area contributed by atoms with Gasteiger partial charge in [0.1, 0.15) is 11.8 Å². The van der Waals surface area contributed by atoms with E-state index in [4.69, 9.17) is 9.15 Å². The lowest BCUT2D eigenvalue weighted by Crippen LogP contribution is -2.44. The van der Waals surface area contributed by atoms with Gasteiger partial charge in [-0.15, -0.1) is 0 Å². The van der Waals surface area contributed by atoms with E-state index in [2.05, 4.69) is 10.0 Å². The summed E-state index contributed by atoms with van der Waals surface area (Å²) in [4.78, 5) is 24.4. The van der Waals surface area contributed by atoms with Crippen LogP contribution in [0.25, 0.3) is 11.1 Å². The Morgan fingerprint density at radius 1 is 1.22 bits per heavy atom. The number of hydrogen-bond acceptors (Lipinski definition) is 7. The maximum atomic E-state index is 13.0. The second-order valence-electron chi connectivity index (χ2n) is 6.96. The Labute approximate surface area is 190 Å². The highest BCUT2D eigenvalue weighted by Gasteiger charge is 2.26. The minimum atomic E-state index is -4.05. The fourth-order valence-electron chi connectivity index (χ4n) is 3.05. The van der Waals surface area contributed by atoms with Crippen LogP contribution in [0.3, 0.4) is 0 Å². The maximum absolute atomic E-state index is 13.0. The summed E-state index contributed by atoms with van der Waals surface area (Å²) in [5.74, 6) is 0.193. The van der Waals surface area contributed by atoms with Gasteiger partial charge < -0.3 is 14.5 Å². The summed E-state index contributed by atoms with van der Waals surface area (Å²) in [5.41, 5.74) is 1.15. The molecule has 0 spiro atoms. The van der Waals surface area contributed by atoms with E-state index < -0.39 is 27.7 Å². The van der Waals surface area contributed by atoms with Gasteiger partial charge in [0.05, 0.1) is 17.0 Å². The molecule has 1 amide bonds. The van der Waals surface area contributed by atoms with Gasteiger partial charge in [-0.1, -0.05) is 0 Å². The van der Waals surface area contributed by atoms with Gasteiger partial charge in [0.25, 0.3) is 0 Å². The van der Waals surface area contributed by atoms with E-state index in [1.807, 2.05) is 13.2 Å². The molecule has 0 aliphatic carbocycles. The Kier molecular flexibility index (Phi) is 7.64. The molecule has 11 heteroatoms. The van der Waals surface area contributed by atoms with Crippen LogP contribution in [-0.4, -0.2) is 43.5 Å². The summed E-state index contributed by atoms with van der Waals surface area (Å²) >= 11 is 1.51. The number of carbonyl (C=O) groups excluding carboxylic acids is 1. The number of fused-ring (bicyclic) bond motifs is 1. The zero-order valence-corrected chi connectivity index (χ0v) is 19.6. The highest BCUT2D eigenvalue weighted by Crippen LogP contribution is 2.20. The number of aryl methyl sites for hydroxylation is 1. The van der Waals surface area contributed by atoms with Crippen molar-refractivity contribution < 1.29 is 22.4 Å². The summed E-state index contributed by atoms with van der Waals surface area (Å²) in [6.45, 7) is 2.41. The molecule has 2 aromatic carbocycles. The molecule has 0 aliphatic heterocycles. The molecule has 0 fully saturated rings. The van der Waals surface area contributed by atoms with Gasteiger partial charge in [-0.25, -0.2) is 13.2 Å². The van der Waals surface area contributed by atoms with E-state index in [9.17, 15) is 18.0 Å². The molecule has 0 radical (unpaired) electrons. The van der Waals surface area contributed by atoms with E-state index in [0.717, 1.165) is 0 Å². The first kappa shape index (κ1) is 23.9. The number of aromatic nitrogens is 1. The molecule has 3 rings (SSSR count). The molecular weight excluding hydrogens is 454 g/mol. The van der Waals surface area contributed by atoms with Crippen molar-refractivity contribution in [3.8, 4) is 5.75 Å². The number of oxazole rings is 1. The molecule has 0 saturated carbocycles. The zero-order valence-electron chi connectivity index (χ0n) is 18.0. The first-order valence-corrected chi connectivity index (χ1v) is 12.8. The van der Waals surface area contributed by atoms with Crippen molar-refractivity contribution in [2.45, 2.75) is 24.3 Å². The first-order valence-electron chi connectivity index (χ1n) is 9.89. The zero-order chi connectivity index (χ0) is 23.3. The number of thioether (sulfide) groups is 1. The van der Waals surface area contributed by atoms with Crippen LogP contribution in [0.1, 0.15) is 13.3 Å². The minimum Gasteiger partial charge on any atom is -0.494 e. The van der Waals surface area contributed by atoms with Gasteiger partial charge in [-0.3, -0.25) is 9.36 Å². The highest BCUT2D eigenvalue weighted by atomic mass is 32.2. The largest absolute Gasteiger partial charge is 0.494 e. The Balaban J connectivity index is 1.80. The van der Waals surface area contributed by atoms with Crippen LogP contribution in [0.2, 0.25) is 0 Å². The van der Waals surface area contributed by atoms with Crippen LogP contribution >= 0.6 is 11.8 Å². The van der Waals surface area contributed by atoms with Crippen LogP contribution in [0.5, 0.6) is 5.75 Å². The highest BCUT2D eigenvalue weighted by molar-refractivity contribution is 7.98. The van der Waals surface area contributed by atoms with Gasteiger partial charge in [0.2, 0.25) is 15.9 Å². The Hall–Kier alpha value is -2.76. The molecular formula is C21H25N3O6S2. The Bertz CT molecular complexity index is 1250. The molecule has 1 aromatic heterocycles. The van der Waals surface area contributed by atoms with Crippen LogP contribution in [-0.2, 0) is 21.9 Å². The number of anilines is 1. The maximum Gasteiger partial charge on any atom is 0.419 e. The lowest BCUT2D eigenvalue weighted by atomic mass is 10.2. The summed E-state index contributed by atoms with van der Waals surface area (Å²) in [6.07, 6.45) is 2.17. The molecule has 0 bridgehead atoms. The molecule has 2 N–H and O–H groups in total. The summed E-state index contributed by atoms with van der Waals surface area (Å²) in [5, 5.41) is 2.74. The summed E-state index contributed by atoms with van der Waals surface area (Å²) < 4.78 is 40.2. The lowest BCUT2D eigenvalue weighted by molar-refractivity contribution is -0.117. The standard InChI is InChI=1S/C21H25N3O6S2/c1-4-29-15-7-5-14(6-8-15)22-20(25)17(11-12-31-3)23-32(27,28)16-9-10-18-19(13-16)30-21(26)24(18)2/h5-10,13,17,23H,4,11-12H2,1-3H3,(H,22,25)/t17-/m0/s1. The van der Waals surface area contributed by atoms with Gasteiger partial charge in [-0.2, -0.15) is 16.5 Å². The van der Waals surface area contributed by atoms with E-state index in [0.29, 0.717) is 35.7 Å². The number of nitrogens with one attached hydrogen (secondary N) is 2. The minimum absolute atomic E-state index is 0.0950. The SMILES string of the molecule is CCOc1ccc(NC(=O)[C@H](CCSC)NS(=O)(=O)c2ccc3c(c2)oc(=O)n3C)cc1.